The fourth-order valence-electron chi connectivity index (χ4n) is 1.34. The number of carbonyl (C=O) groups is 4. The fraction of sp³-hybridized carbons (Fsp3) is 0.636. The molecule has 0 heterocycles. The summed E-state index contributed by atoms with van der Waals surface area (Å²) in [5, 5.41) is 15.7. The number of aliphatic carboxylic acids is 1. The van der Waals surface area contributed by atoms with Gasteiger partial charge in [-0.15, -0.1) is 0 Å². The van der Waals surface area contributed by atoms with Crippen LogP contribution in [0.15, 0.2) is 0 Å². The van der Waals surface area contributed by atoms with Gasteiger partial charge in [0.2, 0.25) is 17.7 Å². The van der Waals surface area contributed by atoms with Crippen LogP contribution in [0.3, 0.4) is 0 Å². The molecule has 0 aromatic heterocycles. The third kappa shape index (κ3) is 9.68. The standard InChI is InChI=1S/C11H20N4O5S/c12-5-8(16)15-7(1-2-10(18)19)11(20)14-6-9(17)13-3-4-21/h7,21H,1-6,12H2,(H,13,17)(H,14,20)(H,15,16)(H,18,19). The maximum absolute atomic E-state index is 11.8. The lowest BCUT2D eigenvalue weighted by atomic mass is 10.1. The molecule has 0 aliphatic heterocycles. The number of nitrogens with one attached hydrogen (secondary N) is 3. The highest BCUT2D eigenvalue weighted by molar-refractivity contribution is 7.80. The molecule has 120 valence electrons. The zero-order chi connectivity index (χ0) is 16.3. The monoisotopic (exact) mass is 320 g/mol. The maximum Gasteiger partial charge on any atom is 0.303 e. The molecular weight excluding hydrogens is 300 g/mol. The first-order valence-electron chi connectivity index (χ1n) is 6.27. The van der Waals surface area contributed by atoms with Crippen LogP contribution < -0.4 is 21.7 Å². The van der Waals surface area contributed by atoms with Crippen LogP contribution in [0, 0.1) is 0 Å². The normalized spacial score (nSPS) is 11.3. The van der Waals surface area contributed by atoms with Gasteiger partial charge in [0.1, 0.15) is 6.04 Å². The number of carboxylic acids is 1. The summed E-state index contributed by atoms with van der Waals surface area (Å²) in [6.45, 7) is -0.224. The van der Waals surface area contributed by atoms with Gasteiger partial charge in [-0.1, -0.05) is 0 Å². The van der Waals surface area contributed by atoms with E-state index in [1.807, 2.05) is 0 Å². The first kappa shape index (κ1) is 19.2. The molecule has 0 saturated heterocycles. The van der Waals surface area contributed by atoms with Crippen molar-refractivity contribution in [3.63, 3.8) is 0 Å². The minimum absolute atomic E-state index is 0.0921. The third-order valence-electron chi connectivity index (χ3n) is 2.34. The molecule has 0 bridgehead atoms. The second-order valence-electron chi connectivity index (χ2n) is 4.05. The summed E-state index contributed by atoms with van der Waals surface area (Å²) in [6, 6.07) is -1.05. The Labute approximate surface area is 127 Å². The number of amides is 3. The SMILES string of the molecule is NCC(=O)NC(CCC(=O)O)C(=O)NCC(=O)NCCS. The van der Waals surface area contributed by atoms with E-state index in [9.17, 15) is 19.2 Å². The molecule has 0 fully saturated rings. The summed E-state index contributed by atoms with van der Waals surface area (Å²) in [5.74, 6) is -2.26. The molecular formula is C11H20N4O5S. The van der Waals surface area contributed by atoms with E-state index in [0.717, 1.165) is 0 Å². The third-order valence-corrected chi connectivity index (χ3v) is 2.56. The molecule has 10 heteroatoms. The molecule has 0 radical (unpaired) electrons. The van der Waals surface area contributed by atoms with Crippen molar-refractivity contribution in [2.45, 2.75) is 18.9 Å². The largest absolute Gasteiger partial charge is 0.481 e. The molecule has 6 N–H and O–H groups in total. The number of nitrogens with two attached hydrogens (primary N) is 1. The van der Waals surface area contributed by atoms with Gasteiger partial charge >= 0.3 is 5.97 Å². The lowest BCUT2D eigenvalue weighted by molar-refractivity contribution is -0.138. The van der Waals surface area contributed by atoms with Crippen molar-refractivity contribution in [2.75, 3.05) is 25.4 Å². The summed E-state index contributed by atoms with van der Waals surface area (Å²) in [6.07, 6.45) is -0.389. The van der Waals surface area contributed by atoms with Crippen LogP contribution in [-0.2, 0) is 19.2 Å². The van der Waals surface area contributed by atoms with E-state index < -0.39 is 29.7 Å². The van der Waals surface area contributed by atoms with Crippen LogP contribution in [0.1, 0.15) is 12.8 Å². The van der Waals surface area contributed by atoms with E-state index in [1.165, 1.54) is 0 Å². The summed E-state index contributed by atoms with van der Waals surface area (Å²) in [7, 11) is 0. The number of hydrogen-bond donors (Lipinski definition) is 6. The molecule has 1 atom stereocenters. The molecule has 9 nitrogen and oxygen atoms in total. The van der Waals surface area contributed by atoms with Gasteiger partial charge < -0.3 is 26.8 Å². The second kappa shape index (κ2) is 10.9. The first-order valence-corrected chi connectivity index (χ1v) is 6.90. The van der Waals surface area contributed by atoms with Crippen LogP contribution in [0.5, 0.6) is 0 Å². The van der Waals surface area contributed by atoms with Crippen molar-refractivity contribution in [1.29, 1.82) is 0 Å². The Morgan fingerprint density at radius 2 is 1.81 bits per heavy atom. The molecule has 0 aliphatic carbocycles. The second-order valence-corrected chi connectivity index (χ2v) is 4.50. The quantitative estimate of drug-likeness (QED) is 0.244. The van der Waals surface area contributed by atoms with Gasteiger partial charge in [0, 0.05) is 18.7 Å². The Hall–Kier alpha value is -1.81. The van der Waals surface area contributed by atoms with Gasteiger partial charge in [-0.25, -0.2) is 0 Å². The molecule has 0 aromatic rings. The zero-order valence-electron chi connectivity index (χ0n) is 11.4. The van der Waals surface area contributed by atoms with Gasteiger partial charge in [0.05, 0.1) is 13.1 Å². The van der Waals surface area contributed by atoms with E-state index in [2.05, 4.69) is 28.6 Å². The van der Waals surface area contributed by atoms with E-state index >= 15 is 0 Å². The van der Waals surface area contributed by atoms with Crippen LogP contribution in [0.25, 0.3) is 0 Å². The fourth-order valence-corrected chi connectivity index (χ4v) is 1.45. The van der Waals surface area contributed by atoms with Crippen molar-refractivity contribution in [3.8, 4) is 0 Å². The molecule has 21 heavy (non-hydrogen) atoms. The predicted molar refractivity (Wildman–Crippen MR) is 77.7 cm³/mol. The number of carbonyl (C=O) groups excluding carboxylic acids is 3. The van der Waals surface area contributed by atoms with Crippen LogP contribution in [0.4, 0.5) is 0 Å². The van der Waals surface area contributed by atoms with Crippen molar-refractivity contribution in [1.82, 2.24) is 16.0 Å². The highest BCUT2D eigenvalue weighted by Gasteiger charge is 2.21. The predicted octanol–water partition coefficient (Wildman–Crippen LogP) is -2.54. The van der Waals surface area contributed by atoms with Crippen LogP contribution >= 0.6 is 12.6 Å². The van der Waals surface area contributed by atoms with Crippen molar-refractivity contribution in [3.05, 3.63) is 0 Å². The number of carboxylic acid groups (broad SMARTS) is 1. The molecule has 1 unspecified atom stereocenters. The first-order chi connectivity index (χ1) is 9.90. The molecule has 0 saturated carbocycles. The Morgan fingerprint density at radius 1 is 1.14 bits per heavy atom. The molecule has 0 rings (SSSR count). The van der Waals surface area contributed by atoms with Gasteiger partial charge in [0.15, 0.2) is 0 Å². The summed E-state index contributed by atoms with van der Waals surface area (Å²) < 4.78 is 0. The molecule has 0 spiro atoms. The summed E-state index contributed by atoms with van der Waals surface area (Å²) in [5.41, 5.74) is 5.12. The highest BCUT2D eigenvalue weighted by atomic mass is 32.1. The summed E-state index contributed by atoms with van der Waals surface area (Å²) in [4.78, 5) is 44.9. The molecule has 0 aromatic carbocycles. The molecule has 0 aliphatic rings. The van der Waals surface area contributed by atoms with E-state index in [-0.39, 0.29) is 25.9 Å². The smallest absolute Gasteiger partial charge is 0.303 e. The van der Waals surface area contributed by atoms with E-state index in [0.29, 0.717) is 12.3 Å². The van der Waals surface area contributed by atoms with E-state index in [1.54, 1.807) is 0 Å². The van der Waals surface area contributed by atoms with Crippen LogP contribution in [0.2, 0.25) is 0 Å². The Kier molecular flexibility index (Phi) is 9.98. The lowest BCUT2D eigenvalue weighted by Gasteiger charge is -2.17. The Morgan fingerprint density at radius 3 is 2.33 bits per heavy atom. The topological polar surface area (TPSA) is 151 Å². The van der Waals surface area contributed by atoms with Crippen LogP contribution in [-0.4, -0.2) is 60.2 Å². The average molecular weight is 320 g/mol. The summed E-state index contributed by atoms with van der Waals surface area (Å²) >= 11 is 3.91. The number of rotatable bonds is 10. The van der Waals surface area contributed by atoms with Gasteiger partial charge in [-0.2, -0.15) is 12.6 Å². The number of thiol groups is 1. The number of hydrogen-bond acceptors (Lipinski definition) is 6. The lowest BCUT2D eigenvalue weighted by Crippen LogP contribution is -2.50. The Balaban J connectivity index is 4.38. The van der Waals surface area contributed by atoms with Crippen molar-refractivity contribution < 1.29 is 24.3 Å². The Bertz CT molecular complexity index is 391. The van der Waals surface area contributed by atoms with Crippen molar-refractivity contribution in [2.24, 2.45) is 5.73 Å². The maximum atomic E-state index is 11.8. The average Bonchev–Trinajstić information content (AvgIpc) is 2.46. The minimum Gasteiger partial charge on any atom is -0.481 e. The molecule has 3 amide bonds. The van der Waals surface area contributed by atoms with Crippen molar-refractivity contribution >= 4 is 36.3 Å². The van der Waals surface area contributed by atoms with Gasteiger partial charge in [-0.05, 0) is 6.42 Å². The minimum atomic E-state index is -1.10. The highest BCUT2D eigenvalue weighted by Crippen LogP contribution is 1.98. The van der Waals surface area contributed by atoms with E-state index in [4.69, 9.17) is 10.8 Å². The van der Waals surface area contributed by atoms with Gasteiger partial charge in [0.25, 0.3) is 0 Å². The zero-order valence-corrected chi connectivity index (χ0v) is 12.3. The van der Waals surface area contributed by atoms with Gasteiger partial charge in [-0.3, -0.25) is 19.2 Å².